The predicted molar refractivity (Wildman–Crippen MR) is 36.9 cm³/mol. The molecule has 2 atom stereocenters. The molecule has 0 aromatic carbocycles. The third-order valence-corrected chi connectivity index (χ3v) is 1.20. The van der Waals surface area contributed by atoms with Gasteiger partial charge in [0, 0.05) is 7.11 Å². The molecule has 0 fully saturated rings. The summed E-state index contributed by atoms with van der Waals surface area (Å²) in [5, 5.41) is 26.0. The lowest BCUT2D eigenvalue weighted by Crippen LogP contribution is -2.35. The fourth-order valence-corrected chi connectivity index (χ4v) is 0.558. The summed E-state index contributed by atoms with van der Waals surface area (Å²) in [6, 6.07) is 0. The Morgan fingerprint density at radius 1 is 1.27 bits per heavy atom. The summed E-state index contributed by atoms with van der Waals surface area (Å²) in [5.41, 5.74) is 0. The number of rotatable bonds is 6. The molecule has 11 heavy (non-hydrogen) atoms. The molecule has 0 unspecified atom stereocenters. The Hall–Kier alpha value is -0.200. The molecule has 0 aliphatic carbocycles. The molecule has 0 amide bonds. The average Bonchev–Trinajstić information content (AvgIpc) is 2.05. The molecule has 0 bridgehead atoms. The second-order valence-electron chi connectivity index (χ2n) is 2.04. The van der Waals surface area contributed by atoms with E-state index in [1.807, 2.05) is 0 Å². The second-order valence-corrected chi connectivity index (χ2v) is 2.04. The summed E-state index contributed by atoms with van der Waals surface area (Å²) in [5.74, 6) is 0. The van der Waals surface area contributed by atoms with Crippen LogP contribution in [0.2, 0.25) is 0 Å². The molecule has 0 aromatic rings. The van der Waals surface area contributed by atoms with Gasteiger partial charge in [-0.15, -0.1) is 0 Å². The molecular formula is C6H14O5. The van der Waals surface area contributed by atoms with Crippen LogP contribution in [0.5, 0.6) is 0 Å². The molecule has 0 aromatic heterocycles. The lowest BCUT2D eigenvalue weighted by Gasteiger charge is -2.18. The van der Waals surface area contributed by atoms with Gasteiger partial charge in [0.25, 0.3) is 0 Å². The molecule has 0 saturated heterocycles. The standard InChI is InChI=1S/C6H14O5/c1-10-4-11-6(3-8)5(9)2-7/h5-9H,2-4H2,1H3/t5-,6-/m1/s1. The van der Waals surface area contributed by atoms with Crippen molar-refractivity contribution in [3.63, 3.8) is 0 Å². The molecule has 68 valence electrons. The molecule has 3 N–H and O–H groups in total. The van der Waals surface area contributed by atoms with E-state index in [1.165, 1.54) is 7.11 Å². The Labute approximate surface area is 65.2 Å². The Balaban J connectivity index is 3.56. The fraction of sp³-hybridized carbons (Fsp3) is 1.00. The highest BCUT2D eigenvalue weighted by Gasteiger charge is 2.17. The van der Waals surface area contributed by atoms with E-state index in [2.05, 4.69) is 4.74 Å². The van der Waals surface area contributed by atoms with Crippen LogP contribution in [0.3, 0.4) is 0 Å². The minimum absolute atomic E-state index is 0.0116. The zero-order valence-electron chi connectivity index (χ0n) is 6.43. The molecule has 5 nitrogen and oxygen atoms in total. The van der Waals surface area contributed by atoms with Crippen molar-refractivity contribution in [3.05, 3.63) is 0 Å². The summed E-state index contributed by atoms with van der Waals surface area (Å²) in [4.78, 5) is 0. The van der Waals surface area contributed by atoms with Gasteiger partial charge in [-0.3, -0.25) is 0 Å². The summed E-state index contributed by atoms with van der Waals surface area (Å²) in [7, 11) is 1.43. The van der Waals surface area contributed by atoms with Gasteiger partial charge in [-0.05, 0) is 0 Å². The Bertz CT molecular complexity index is 87.0. The Kier molecular flexibility index (Phi) is 6.39. The summed E-state index contributed by atoms with van der Waals surface area (Å²) in [6.45, 7) is -0.789. The van der Waals surface area contributed by atoms with Crippen LogP contribution in [0.1, 0.15) is 0 Å². The molecule has 0 spiro atoms. The van der Waals surface area contributed by atoms with E-state index >= 15 is 0 Å². The normalized spacial score (nSPS) is 16.4. The number of ether oxygens (including phenoxy) is 2. The summed E-state index contributed by atoms with van der Waals surface area (Å²) >= 11 is 0. The van der Waals surface area contributed by atoms with Crippen LogP contribution in [0.25, 0.3) is 0 Å². The number of hydrogen-bond acceptors (Lipinski definition) is 5. The first-order valence-corrected chi connectivity index (χ1v) is 3.26. The van der Waals surface area contributed by atoms with Crippen molar-refractivity contribution in [2.45, 2.75) is 12.2 Å². The van der Waals surface area contributed by atoms with Crippen LogP contribution in [0, 0.1) is 0 Å². The van der Waals surface area contributed by atoms with Gasteiger partial charge in [-0.1, -0.05) is 0 Å². The minimum atomic E-state index is -1.06. The van der Waals surface area contributed by atoms with Gasteiger partial charge in [0.15, 0.2) is 0 Å². The van der Waals surface area contributed by atoms with Crippen molar-refractivity contribution in [2.24, 2.45) is 0 Å². The highest BCUT2D eigenvalue weighted by Crippen LogP contribution is 1.97. The predicted octanol–water partition coefficient (Wildman–Crippen LogP) is -1.68. The molecule has 5 heteroatoms. The Morgan fingerprint density at radius 2 is 1.91 bits per heavy atom. The van der Waals surface area contributed by atoms with Gasteiger partial charge < -0.3 is 24.8 Å². The smallest absolute Gasteiger partial charge is 0.146 e. The van der Waals surface area contributed by atoms with E-state index in [4.69, 9.17) is 20.1 Å². The van der Waals surface area contributed by atoms with Crippen LogP contribution in [-0.2, 0) is 9.47 Å². The van der Waals surface area contributed by atoms with Gasteiger partial charge >= 0.3 is 0 Å². The van der Waals surface area contributed by atoms with Crippen LogP contribution >= 0.6 is 0 Å². The molecule has 0 heterocycles. The fourth-order valence-electron chi connectivity index (χ4n) is 0.558. The van der Waals surface area contributed by atoms with E-state index in [0.717, 1.165) is 0 Å². The maximum absolute atomic E-state index is 8.95. The number of aliphatic hydroxyl groups is 3. The monoisotopic (exact) mass is 166 g/mol. The average molecular weight is 166 g/mol. The lowest BCUT2D eigenvalue weighted by atomic mass is 10.2. The van der Waals surface area contributed by atoms with Crippen LogP contribution in [-0.4, -0.2) is 54.6 Å². The van der Waals surface area contributed by atoms with Gasteiger partial charge in [-0.25, -0.2) is 0 Å². The van der Waals surface area contributed by atoms with Crippen molar-refractivity contribution in [2.75, 3.05) is 27.1 Å². The number of aliphatic hydroxyl groups excluding tert-OH is 3. The van der Waals surface area contributed by atoms with Crippen molar-refractivity contribution in [3.8, 4) is 0 Å². The molecule has 0 aliphatic rings. The van der Waals surface area contributed by atoms with Crippen molar-refractivity contribution in [1.29, 1.82) is 0 Å². The van der Waals surface area contributed by atoms with Crippen LogP contribution in [0.4, 0.5) is 0 Å². The highest BCUT2D eigenvalue weighted by molar-refractivity contribution is 4.65. The number of hydrogen-bond donors (Lipinski definition) is 3. The van der Waals surface area contributed by atoms with E-state index < -0.39 is 18.8 Å². The van der Waals surface area contributed by atoms with E-state index in [0.29, 0.717) is 0 Å². The topological polar surface area (TPSA) is 79.2 Å². The third-order valence-electron chi connectivity index (χ3n) is 1.20. The molecule has 0 aliphatic heterocycles. The molecule has 0 radical (unpaired) electrons. The Morgan fingerprint density at radius 3 is 2.27 bits per heavy atom. The van der Waals surface area contributed by atoms with Crippen molar-refractivity contribution in [1.82, 2.24) is 0 Å². The summed E-state index contributed by atoms with van der Waals surface area (Å²) in [6.07, 6.45) is -1.84. The van der Waals surface area contributed by atoms with Gasteiger partial charge in [0.1, 0.15) is 19.0 Å². The zero-order valence-corrected chi connectivity index (χ0v) is 6.43. The van der Waals surface area contributed by atoms with Crippen LogP contribution < -0.4 is 0 Å². The highest BCUT2D eigenvalue weighted by atomic mass is 16.7. The SMILES string of the molecule is COCO[C@H](CO)[C@H](O)CO. The zero-order chi connectivity index (χ0) is 8.69. The first-order chi connectivity index (χ1) is 5.26. The minimum Gasteiger partial charge on any atom is -0.394 e. The van der Waals surface area contributed by atoms with Crippen LogP contribution in [0.15, 0.2) is 0 Å². The van der Waals surface area contributed by atoms with E-state index in [-0.39, 0.29) is 13.4 Å². The lowest BCUT2D eigenvalue weighted by molar-refractivity contribution is -0.135. The van der Waals surface area contributed by atoms with E-state index in [1.54, 1.807) is 0 Å². The van der Waals surface area contributed by atoms with Crippen molar-refractivity contribution < 1.29 is 24.8 Å². The van der Waals surface area contributed by atoms with Gasteiger partial charge in [-0.2, -0.15) is 0 Å². The maximum atomic E-state index is 8.95. The van der Waals surface area contributed by atoms with Crippen molar-refractivity contribution >= 4 is 0 Å². The molecular weight excluding hydrogens is 152 g/mol. The third kappa shape index (κ3) is 4.28. The van der Waals surface area contributed by atoms with Gasteiger partial charge in [0.05, 0.1) is 13.2 Å². The summed E-state index contributed by atoms with van der Waals surface area (Å²) < 4.78 is 9.35. The first kappa shape index (κ1) is 10.8. The maximum Gasteiger partial charge on any atom is 0.146 e. The largest absolute Gasteiger partial charge is 0.394 e. The molecule has 0 rings (SSSR count). The van der Waals surface area contributed by atoms with Gasteiger partial charge in [0.2, 0.25) is 0 Å². The number of methoxy groups -OCH3 is 1. The van der Waals surface area contributed by atoms with E-state index in [9.17, 15) is 0 Å². The second kappa shape index (κ2) is 6.51. The first-order valence-electron chi connectivity index (χ1n) is 3.26. The quantitative estimate of drug-likeness (QED) is 0.411. The molecule has 0 saturated carbocycles.